The van der Waals surface area contributed by atoms with E-state index >= 15 is 0 Å². The Morgan fingerprint density at radius 1 is 1.10 bits per heavy atom. The van der Waals surface area contributed by atoms with Gasteiger partial charge < -0.3 is 15.5 Å². The highest BCUT2D eigenvalue weighted by molar-refractivity contribution is 5.59. The number of imidazole rings is 1. The number of aromatic nitrogens is 2. The zero-order valence-corrected chi connectivity index (χ0v) is 12.1. The minimum atomic E-state index is 0.794. The molecule has 1 aromatic heterocycles. The van der Waals surface area contributed by atoms with E-state index in [1.165, 1.54) is 12.8 Å². The van der Waals surface area contributed by atoms with Crippen molar-refractivity contribution in [1.82, 2.24) is 9.97 Å². The molecule has 3 N–H and O–H groups in total. The van der Waals surface area contributed by atoms with E-state index in [0.29, 0.717) is 0 Å². The summed E-state index contributed by atoms with van der Waals surface area (Å²) in [5.74, 6) is 1.93. The van der Waals surface area contributed by atoms with Gasteiger partial charge in [0.1, 0.15) is 11.6 Å². The highest BCUT2D eigenvalue weighted by Gasteiger charge is 2.03. The molecule has 0 saturated carbocycles. The first-order chi connectivity index (χ1) is 9.83. The van der Waals surface area contributed by atoms with Crippen molar-refractivity contribution in [2.75, 3.05) is 13.7 Å². The number of benzene rings is 1. The third-order valence-corrected chi connectivity index (χ3v) is 3.40. The van der Waals surface area contributed by atoms with Crippen molar-refractivity contribution in [3.8, 4) is 17.0 Å². The molecule has 1 aromatic carbocycles. The summed E-state index contributed by atoms with van der Waals surface area (Å²) in [6, 6.07) is 8.00. The van der Waals surface area contributed by atoms with Gasteiger partial charge in [-0.1, -0.05) is 12.8 Å². The molecule has 2 aromatic rings. The van der Waals surface area contributed by atoms with Crippen molar-refractivity contribution in [2.45, 2.75) is 32.1 Å². The number of nitrogens with zero attached hydrogens (tertiary/aromatic N) is 1. The van der Waals surface area contributed by atoms with Gasteiger partial charge >= 0.3 is 0 Å². The number of nitrogens with one attached hydrogen (secondary N) is 1. The zero-order chi connectivity index (χ0) is 14.2. The standard InChI is InChI=1S/C16H23N3O/c1-20-14-9-7-13(8-10-14)15-12-18-16(19-15)6-4-2-3-5-11-17/h7-10,12H,2-6,11,17H2,1H3,(H,18,19). The number of methoxy groups -OCH3 is 1. The fraction of sp³-hybridized carbons (Fsp3) is 0.438. The molecule has 0 bridgehead atoms. The smallest absolute Gasteiger partial charge is 0.118 e. The Morgan fingerprint density at radius 3 is 2.55 bits per heavy atom. The lowest BCUT2D eigenvalue weighted by atomic mass is 10.1. The molecule has 0 spiro atoms. The third kappa shape index (κ3) is 4.10. The number of nitrogens with two attached hydrogens (primary N) is 1. The highest BCUT2D eigenvalue weighted by atomic mass is 16.5. The Morgan fingerprint density at radius 2 is 1.85 bits per heavy atom. The van der Waals surface area contributed by atoms with Crippen molar-refractivity contribution >= 4 is 0 Å². The molecule has 0 amide bonds. The number of ether oxygens (including phenoxy) is 1. The molecule has 4 nitrogen and oxygen atoms in total. The van der Waals surface area contributed by atoms with E-state index in [2.05, 4.69) is 9.97 Å². The van der Waals surface area contributed by atoms with Crippen LogP contribution < -0.4 is 10.5 Å². The minimum Gasteiger partial charge on any atom is -0.497 e. The van der Waals surface area contributed by atoms with Crippen LogP contribution in [0.2, 0.25) is 0 Å². The molecular formula is C16H23N3O. The quantitative estimate of drug-likeness (QED) is 0.726. The van der Waals surface area contributed by atoms with Gasteiger partial charge in [0.25, 0.3) is 0 Å². The molecule has 0 aliphatic carbocycles. The van der Waals surface area contributed by atoms with Gasteiger partial charge in [0.15, 0.2) is 0 Å². The predicted octanol–water partition coefficient (Wildman–Crippen LogP) is 3.15. The van der Waals surface area contributed by atoms with Crippen LogP contribution in [0.1, 0.15) is 31.5 Å². The summed E-state index contributed by atoms with van der Waals surface area (Å²) in [6.45, 7) is 0.794. The second kappa shape index (κ2) is 7.70. The highest BCUT2D eigenvalue weighted by Crippen LogP contribution is 2.21. The molecule has 4 heteroatoms. The summed E-state index contributed by atoms with van der Waals surface area (Å²) >= 11 is 0. The zero-order valence-electron chi connectivity index (χ0n) is 12.1. The lowest BCUT2D eigenvalue weighted by molar-refractivity contribution is 0.415. The van der Waals surface area contributed by atoms with E-state index in [1.54, 1.807) is 7.11 Å². The van der Waals surface area contributed by atoms with Crippen molar-refractivity contribution in [3.63, 3.8) is 0 Å². The second-order valence-corrected chi connectivity index (χ2v) is 4.92. The molecule has 0 aliphatic heterocycles. The SMILES string of the molecule is COc1ccc(-c2cnc(CCCCCCN)[nH]2)cc1. The number of hydrogen-bond acceptors (Lipinski definition) is 3. The molecule has 0 aliphatic rings. The predicted molar refractivity (Wildman–Crippen MR) is 81.8 cm³/mol. The lowest BCUT2D eigenvalue weighted by Gasteiger charge is -2.01. The number of H-pyrrole nitrogens is 1. The average Bonchev–Trinajstić information content (AvgIpc) is 2.96. The molecule has 0 atom stereocenters. The van der Waals surface area contributed by atoms with E-state index in [-0.39, 0.29) is 0 Å². The van der Waals surface area contributed by atoms with E-state index in [1.807, 2.05) is 30.5 Å². The van der Waals surface area contributed by atoms with Gasteiger partial charge in [-0.05, 0) is 49.2 Å². The van der Waals surface area contributed by atoms with Crippen LogP contribution in [0.4, 0.5) is 0 Å². The molecule has 2 rings (SSSR count). The first-order valence-corrected chi connectivity index (χ1v) is 7.22. The summed E-state index contributed by atoms with van der Waals surface area (Å²) in [4.78, 5) is 7.82. The maximum Gasteiger partial charge on any atom is 0.118 e. The van der Waals surface area contributed by atoms with Crippen molar-refractivity contribution in [1.29, 1.82) is 0 Å². The molecule has 0 fully saturated rings. The molecule has 0 unspecified atom stereocenters. The van der Waals surface area contributed by atoms with Crippen LogP contribution in [0.5, 0.6) is 5.75 Å². The fourth-order valence-electron chi connectivity index (χ4n) is 2.20. The van der Waals surface area contributed by atoms with Gasteiger partial charge in [-0.25, -0.2) is 4.98 Å². The monoisotopic (exact) mass is 273 g/mol. The number of aromatic amines is 1. The number of aryl methyl sites for hydroxylation is 1. The van der Waals surface area contributed by atoms with Gasteiger partial charge in [-0.2, -0.15) is 0 Å². The van der Waals surface area contributed by atoms with Crippen LogP contribution in [0.15, 0.2) is 30.5 Å². The summed E-state index contributed by atoms with van der Waals surface area (Å²) < 4.78 is 5.16. The van der Waals surface area contributed by atoms with Crippen LogP contribution in [0, 0.1) is 0 Å². The second-order valence-electron chi connectivity index (χ2n) is 4.92. The van der Waals surface area contributed by atoms with E-state index in [0.717, 1.165) is 48.6 Å². The van der Waals surface area contributed by atoms with E-state index in [9.17, 15) is 0 Å². The summed E-state index contributed by atoms with van der Waals surface area (Å²) in [6.07, 6.45) is 7.61. The maximum atomic E-state index is 5.48. The van der Waals surface area contributed by atoms with Crippen molar-refractivity contribution in [2.24, 2.45) is 5.73 Å². The van der Waals surface area contributed by atoms with Crippen LogP contribution in [-0.4, -0.2) is 23.6 Å². The Labute approximate surface area is 120 Å². The Kier molecular flexibility index (Phi) is 5.62. The Bertz CT molecular complexity index is 505. The van der Waals surface area contributed by atoms with Crippen molar-refractivity contribution < 1.29 is 4.74 Å². The van der Waals surface area contributed by atoms with Gasteiger partial charge in [-0.15, -0.1) is 0 Å². The van der Waals surface area contributed by atoms with Crippen LogP contribution >= 0.6 is 0 Å². The fourth-order valence-corrected chi connectivity index (χ4v) is 2.20. The largest absolute Gasteiger partial charge is 0.497 e. The lowest BCUT2D eigenvalue weighted by Crippen LogP contribution is -1.98. The Hall–Kier alpha value is -1.81. The van der Waals surface area contributed by atoms with Gasteiger partial charge in [0, 0.05) is 6.42 Å². The topological polar surface area (TPSA) is 63.9 Å². The van der Waals surface area contributed by atoms with Crippen LogP contribution in [-0.2, 0) is 6.42 Å². The Balaban J connectivity index is 1.87. The third-order valence-electron chi connectivity index (χ3n) is 3.40. The minimum absolute atomic E-state index is 0.794. The molecule has 0 radical (unpaired) electrons. The summed E-state index contributed by atoms with van der Waals surface area (Å²) in [7, 11) is 1.67. The normalized spacial score (nSPS) is 10.7. The van der Waals surface area contributed by atoms with Gasteiger partial charge in [-0.3, -0.25) is 0 Å². The van der Waals surface area contributed by atoms with Gasteiger partial charge in [0.2, 0.25) is 0 Å². The van der Waals surface area contributed by atoms with E-state index < -0.39 is 0 Å². The first kappa shape index (κ1) is 14.6. The van der Waals surface area contributed by atoms with E-state index in [4.69, 9.17) is 10.5 Å². The van der Waals surface area contributed by atoms with Crippen LogP contribution in [0.25, 0.3) is 11.3 Å². The van der Waals surface area contributed by atoms with Crippen molar-refractivity contribution in [3.05, 3.63) is 36.3 Å². The molecular weight excluding hydrogens is 250 g/mol. The maximum absolute atomic E-state index is 5.48. The molecule has 20 heavy (non-hydrogen) atoms. The molecule has 108 valence electrons. The molecule has 1 heterocycles. The number of unbranched alkanes of at least 4 members (excludes halogenated alkanes) is 3. The molecule has 0 saturated heterocycles. The summed E-state index contributed by atoms with van der Waals surface area (Å²) in [5, 5.41) is 0. The first-order valence-electron chi connectivity index (χ1n) is 7.22. The number of rotatable bonds is 8. The summed E-state index contributed by atoms with van der Waals surface area (Å²) in [5.41, 5.74) is 7.67. The average molecular weight is 273 g/mol. The van der Waals surface area contributed by atoms with Gasteiger partial charge in [0.05, 0.1) is 19.0 Å². The van der Waals surface area contributed by atoms with Crippen LogP contribution in [0.3, 0.4) is 0 Å². The number of hydrogen-bond donors (Lipinski definition) is 2.